The molecule has 5 heteroatoms. The second-order valence-electron chi connectivity index (χ2n) is 4.80. The number of alkyl halides is 1. The van der Waals surface area contributed by atoms with E-state index < -0.39 is 0 Å². The van der Waals surface area contributed by atoms with Gasteiger partial charge in [0, 0.05) is 36.3 Å². The number of thiazole rings is 1. The van der Waals surface area contributed by atoms with Gasteiger partial charge in [0.05, 0.1) is 11.6 Å². The van der Waals surface area contributed by atoms with Crippen molar-refractivity contribution in [2.45, 2.75) is 25.8 Å². The maximum absolute atomic E-state index is 5.80. The number of benzene rings is 1. The molecule has 2 aromatic heterocycles. The summed E-state index contributed by atoms with van der Waals surface area (Å²) in [6.07, 6.45) is 4.84. The standard InChI is InChI=1S/C16H16ClN3S/c1-2-15-18-7-8-20(15)10-12-3-5-13(6-4-12)16-19-14(9-17)11-21-16/h3-8,11H,2,9-10H2,1H3. The van der Waals surface area contributed by atoms with Gasteiger partial charge in [-0.05, 0) is 5.56 Å². The van der Waals surface area contributed by atoms with E-state index in [0.29, 0.717) is 5.88 Å². The molecule has 0 fully saturated rings. The van der Waals surface area contributed by atoms with Crippen LogP contribution >= 0.6 is 22.9 Å². The van der Waals surface area contributed by atoms with E-state index in [1.165, 1.54) is 5.56 Å². The largest absolute Gasteiger partial charge is 0.331 e. The number of hydrogen-bond acceptors (Lipinski definition) is 3. The van der Waals surface area contributed by atoms with Crippen LogP contribution in [0.3, 0.4) is 0 Å². The first-order valence-electron chi connectivity index (χ1n) is 6.90. The molecule has 0 aliphatic rings. The topological polar surface area (TPSA) is 30.7 Å². The highest BCUT2D eigenvalue weighted by Gasteiger charge is 2.05. The van der Waals surface area contributed by atoms with Crippen molar-refractivity contribution in [2.24, 2.45) is 0 Å². The molecule has 0 saturated heterocycles. The first kappa shape index (κ1) is 14.3. The van der Waals surface area contributed by atoms with Crippen LogP contribution in [0, 0.1) is 0 Å². The number of rotatable bonds is 5. The normalized spacial score (nSPS) is 11.0. The maximum atomic E-state index is 5.80. The summed E-state index contributed by atoms with van der Waals surface area (Å²) in [5.74, 6) is 1.58. The number of imidazole rings is 1. The van der Waals surface area contributed by atoms with Crippen LogP contribution < -0.4 is 0 Å². The lowest BCUT2D eigenvalue weighted by molar-refractivity contribution is 0.732. The van der Waals surface area contributed by atoms with Gasteiger partial charge in [-0.15, -0.1) is 22.9 Å². The Hall–Kier alpha value is -1.65. The summed E-state index contributed by atoms with van der Waals surface area (Å²) in [5, 5.41) is 3.03. The van der Waals surface area contributed by atoms with Gasteiger partial charge in [0.1, 0.15) is 10.8 Å². The van der Waals surface area contributed by atoms with Crippen LogP contribution in [0.5, 0.6) is 0 Å². The average molecular weight is 318 g/mol. The molecule has 3 nitrogen and oxygen atoms in total. The molecule has 0 radical (unpaired) electrons. The smallest absolute Gasteiger partial charge is 0.123 e. The summed E-state index contributed by atoms with van der Waals surface area (Å²) >= 11 is 7.43. The van der Waals surface area contributed by atoms with Crippen molar-refractivity contribution in [3.63, 3.8) is 0 Å². The third kappa shape index (κ3) is 3.17. The predicted octanol–water partition coefficient (Wildman–Crippen LogP) is 4.36. The molecule has 1 aromatic carbocycles. The van der Waals surface area contributed by atoms with Gasteiger partial charge in [-0.2, -0.15) is 0 Å². The number of aryl methyl sites for hydroxylation is 1. The summed E-state index contributed by atoms with van der Waals surface area (Å²) in [7, 11) is 0. The fourth-order valence-electron chi connectivity index (χ4n) is 2.25. The van der Waals surface area contributed by atoms with Crippen molar-refractivity contribution in [1.82, 2.24) is 14.5 Å². The lowest BCUT2D eigenvalue weighted by Gasteiger charge is -2.07. The van der Waals surface area contributed by atoms with Gasteiger partial charge in [0.2, 0.25) is 0 Å². The van der Waals surface area contributed by atoms with Crippen molar-refractivity contribution < 1.29 is 0 Å². The molecule has 0 saturated carbocycles. The summed E-state index contributed by atoms with van der Waals surface area (Å²) in [6.45, 7) is 2.98. The summed E-state index contributed by atoms with van der Waals surface area (Å²) in [6, 6.07) is 8.54. The zero-order chi connectivity index (χ0) is 14.7. The fourth-order valence-corrected chi connectivity index (χ4v) is 3.30. The third-order valence-electron chi connectivity index (χ3n) is 3.36. The first-order chi connectivity index (χ1) is 10.3. The number of nitrogens with zero attached hydrogens (tertiary/aromatic N) is 3. The van der Waals surface area contributed by atoms with Crippen LogP contribution in [0.15, 0.2) is 42.0 Å². The lowest BCUT2D eigenvalue weighted by Crippen LogP contribution is -2.03. The molecule has 0 bridgehead atoms. The minimum atomic E-state index is 0.467. The molecule has 108 valence electrons. The Labute approximate surface area is 133 Å². The second-order valence-corrected chi connectivity index (χ2v) is 5.92. The molecule has 0 atom stereocenters. The lowest BCUT2D eigenvalue weighted by atomic mass is 10.1. The zero-order valence-corrected chi connectivity index (χ0v) is 13.4. The Morgan fingerprint density at radius 2 is 2.05 bits per heavy atom. The maximum Gasteiger partial charge on any atom is 0.123 e. The van der Waals surface area contributed by atoms with E-state index in [1.54, 1.807) is 11.3 Å². The molecule has 2 heterocycles. The minimum Gasteiger partial charge on any atom is -0.331 e. The average Bonchev–Trinajstić information content (AvgIpc) is 3.16. The quantitative estimate of drug-likeness (QED) is 0.655. The van der Waals surface area contributed by atoms with Crippen molar-refractivity contribution in [1.29, 1.82) is 0 Å². The Morgan fingerprint density at radius 3 is 2.71 bits per heavy atom. The van der Waals surface area contributed by atoms with E-state index >= 15 is 0 Å². The van der Waals surface area contributed by atoms with Gasteiger partial charge < -0.3 is 4.57 Å². The van der Waals surface area contributed by atoms with E-state index in [0.717, 1.165) is 35.1 Å². The molecular formula is C16H16ClN3S. The summed E-state index contributed by atoms with van der Waals surface area (Å²) in [5.41, 5.74) is 3.34. The van der Waals surface area contributed by atoms with Crippen LogP contribution in [-0.2, 0) is 18.8 Å². The molecule has 0 amide bonds. The van der Waals surface area contributed by atoms with E-state index in [9.17, 15) is 0 Å². The van der Waals surface area contributed by atoms with Crippen LogP contribution in [0.2, 0.25) is 0 Å². The Bertz CT molecular complexity index is 715. The Morgan fingerprint density at radius 1 is 1.24 bits per heavy atom. The van der Waals surface area contributed by atoms with Crippen LogP contribution in [0.25, 0.3) is 10.6 Å². The number of halogens is 1. The number of aromatic nitrogens is 3. The fraction of sp³-hybridized carbons (Fsp3) is 0.250. The van der Waals surface area contributed by atoms with E-state index in [1.807, 2.05) is 17.8 Å². The van der Waals surface area contributed by atoms with E-state index in [-0.39, 0.29) is 0 Å². The molecule has 0 aliphatic heterocycles. The Kier molecular flexibility index (Phi) is 4.36. The zero-order valence-electron chi connectivity index (χ0n) is 11.8. The van der Waals surface area contributed by atoms with Crippen molar-refractivity contribution in [2.75, 3.05) is 0 Å². The van der Waals surface area contributed by atoms with Gasteiger partial charge >= 0.3 is 0 Å². The van der Waals surface area contributed by atoms with Gasteiger partial charge in [0.15, 0.2) is 0 Å². The highest BCUT2D eigenvalue weighted by molar-refractivity contribution is 7.13. The summed E-state index contributed by atoms with van der Waals surface area (Å²) < 4.78 is 2.18. The van der Waals surface area contributed by atoms with Crippen molar-refractivity contribution in [3.8, 4) is 10.6 Å². The minimum absolute atomic E-state index is 0.467. The highest BCUT2D eigenvalue weighted by atomic mass is 35.5. The molecule has 0 N–H and O–H groups in total. The van der Waals surface area contributed by atoms with Gasteiger partial charge in [-0.25, -0.2) is 9.97 Å². The molecule has 0 aliphatic carbocycles. The molecule has 3 rings (SSSR count). The molecule has 0 unspecified atom stereocenters. The van der Waals surface area contributed by atoms with E-state index in [4.69, 9.17) is 11.6 Å². The number of hydrogen-bond donors (Lipinski definition) is 0. The molecular weight excluding hydrogens is 302 g/mol. The van der Waals surface area contributed by atoms with Gasteiger partial charge in [-0.3, -0.25) is 0 Å². The van der Waals surface area contributed by atoms with Crippen LogP contribution in [-0.4, -0.2) is 14.5 Å². The van der Waals surface area contributed by atoms with Gasteiger partial charge in [-0.1, -0.05) is 31.2 Å². The van der Waals surface area contributed by atoms with E-state index in [2.05, 4.69) is 45.7 Å². The third-order valence-corrected chi connectivity index (χ3v) is 4.57. The summed E-state index contributed by atoms with van der Waals surface area (Å²) in [4.78, 5) is 8.85. The molecule has 3 aromatic rings. The molecule has 0 spiro atoms. The first-order valence-corrected chi connectivity index (χ1v) is 8.31. The van der Waals surface area contributed by atoms with Crippen molar-refractivity contribution >= 4 is 22.9 Å². The van der Waals surface area contributed by atoms with Crippen molar-refractivity contribution in [3.05, 3.63) is 59.1 Å². The predicted molar refractivity (Wildman–Crippen MR) is 87.8 cm³/mol. The monoisotopic (exact) mass is 317 g/mol. The molecule has 21 heavy (non-hydrogen) atoms. The van der Waals surface area contributed by atoms with Crippen LogP contribution in [0.1, 0.15) is 24.0 Å². The highest BCUT2D eigenvalue weighted by Crippen LogP contribution is 2.24. The Balaban J connectivity index is 1.77. The van der Waals surface area contributed by atoms with Gasteiger partial charge in [0.25, 0.3) is 0 Å². The second kappa shape index (κ2) is 6.41. The SMILES string of the molecule is CCc1nccn1Cc1ccc(-c2nc(CCl)cs2)cc1. The van der Waals surface area contributed by atoms with Crippen LogP contribution in [0.4, 0.5) is 0 Å².